The lowest BCUT2D eigenvalue weighted by Gasteiger charge is -2.23. The zero-order valence-corrected chi connectivity index (χ0v) is 12.4. The lowest BCUT2D eigenvalue weighted by molar-refractivity contribution is 0.139. The molecule has 1 aliphatic carbocycles. The van der Waals surface area contributed by atoms with E-state index in [1.165, 1.54) is 6.20 Å². The van der Waals surface area contributed by atoms with Crippen LogP contribution < -0.4 is 4.90 Å². The van der Waals surface area contributed by atoms with Gasteiger partial charge in [-0.1, -0.05) is 11.6 Å². The molecule has 2 unspecified atom stereocenters. The van der Waals surface area contributed by atoms with E-state index in [-0.39, 0.29) is 16.0 Å². The number of hydrogen-bond donors (Lipinski definition) is 0. The summed E-state index contributed by atoms with van der Waals surface area (Å²) in [6.07, 6.45) is 2.54. The minimum atomic E-state index is -0.668. The smallest absolute Gasteiger partial charge is 0.225 e. The van der Waals surface area contributed by atoms with Gasteiger partial charge in [0, 0.05) is 24.7 Å². The summed E-state index contributed by atoms with van der Waals surface area (Å²) < 4.78 is 19.7. The summed E-state index contributed by atoms with van der Waals surface area (Å²) in [6, 6.07) is 0.361. The Bertz CT molecular complexity index is 729. The molecule has 0 spiro atoms. The zero-order valence-electron chi connectivity index (χ0n) is 10.9. The Balaban J connectivity index is 1.90. The molecule has 1 aliphatic heterocycles. The first-order valence-electron chi connectivity index (χ1n) is 6.67. The highest BCUT2D eigenvalue weighted by Gasteiger charge is 2.44. The van der Waals surface area contributed by atoms with Gasteiger partial charge in [0.1, 0.15) is 11.3 Å². The summed E-state index contributed by atoms with van der Waals surface area (Å²) in [4.78, 5) is 14.2. The van der Waals surface area contributed by atoms with E-state index in [0.717, 1.165) is 13.0 Å². The van der Waals surface area contributed by atoms with Crippen molar-refractivity contribution in [2.45, 2.75) is 12.5 Å². The fourth-order valence-corrected chi connectivity index (χ4v) is 3.13. The Morgan fingerprint density at radius 3 is 3.05 bits per heavy atom. The minimum Gasteiger partial charge on any atom is -0.379 e. The third-order valence-corrected chi connectivity index (χ3v) is 4.39. The van der Waals surface area contributed by atoms with Crippen LogP contribution in [0.5, 0.6) is 0 Å². The van der Waals surface area contributed by atoms with Gasteiger partial charge in [0.05, 0.1) is 18.6 Å². The molecule has 2 aliphatic rings. The van der Waals surface area contributed by atoms with Crippen molar-refractivity contribution in [3.8, 4) is 0 Å². The molecule has 2 atom stereocenters. The monoisotopic (exact) mass is 328 g/mol. The molecule has 2 aromatic rings. The summed E-state index contributed by atoms with van der Waals surface area (Å²) in [5, 5.41) is 0.307. The Kier molecular flexibility index (Phi) is 3.13. The van der Waals surface area contributed by atoms with Crippen LogP contribution in [0.25, 0.3) is 10.9 Å². The SMILES string of the molecule is Fc1c(Cl)ncc2c(N3CCOCC4CC43)nc(Cl)nc12. The number of anilines is 1. The lowest BCUT2D eigenvalue weighted by Crippen LogP contribution is -2.30. The van der Waals surface area contributed by atoms with Gasteiger partial charge in [0.15, 0.2) is 11.0 Å². The van der Waals surface area contributed by atoms with E-state index >= 15 is 0 Å². The van der Waals surface area contributed by atoms with Gasteiger partial charge in [-0.2, -0.15) is 4.98 Å². The van der Waals surface area contributed by atoms with Gasteiger partial charge in [0.2, 0.25) is 5.28 Å². The number of rotatable bonds is 1. The standard InChI is InChI=1S/C13H11Cl2FN4O/c14-11-9(16)10-7(4-17-11)12(19-13(15)18-10)20-1-2-21-5-6-3-8(6)20/h4,6,8H,1-3,5H2. The van der Waals surface area contributed by atoms with E-state index in [1.54, 1.807) is 0 Å². The van der Waals surface area contributed by atoms with Crippen LogP contribution in [0.1, 0.15) is 6.42 Å². The molecule has 21 heavy (non-hydrogen) atoms. The zero-order chi connectivity index (χ0) is 14.6. The van der Waals surface area contributed by atoms with E-state index in [1.807, 2.05) is 0 Å². The first-order valence-corrected chi connectivity index (χ1v) is 7.42. The first kappa shape index (κ1) is 13.4. The molecular weight excluding hydrogens is 318 g/mol. The van der Waals surface area contributed by atoms with Crippen molar-refractivity contribution in [1.29, 1.82) is 0 Å². The molecule has 4 rings (SSSR count). The number of aromatic nitrogens is 3. The van der Waals surface area contributed by atoms with E-state index in [2.05, 4.69) is 19.9 Å². The van der Waals surface area contributed by atoms with Crippen LogP contribution in [0, 0.1) is 11.7 Å². The Hall–Kier alpha value is -1.24. The molecule has 110 valence electrons. The Labute approximate surface area is 130 Å². The quantitative estimate of drug-likeness (QED) is 0.595. The molecule has 1 saturated heterocycles. The Morgan fingerprint density at radius 1 is 1.33 bits per heavy atom. The topological polar surface area (TPSA) is 51.1 Å². The van der Waals surface area contributed by atoms with Crippen LogP contribution in [0.4, 0.5) is 10.2 Å². The highest BCUT2D eigenvalue weighted by Crippen LogP contribution is 2.41. The van der Waals surface area contributed by atoms with E-state index in [0.29, 0.717) is 36.3 Å². The second-order valence-corrected chi connectivity index (χ2v) is 5.97. The van der Waals surface area contributed by atoms with Crippen LogP contribution in [-0.2, 0) is 4.74 Å². The van der Waals surface area contributed by atoms with Gasteiger partial charge in [-0.25, -0.2) is 14.4 Å². The summed E-state index contributed by atoms with van der Waals surface area (Å²) >= 11 is 11.7. The average Bonchev–Trinajstić information content (AvgIpc) is 3.22. The highest BCUT2D eigenvalue weighted by atomic mass is 35.5. The first-order chi connectivity index (χ1) is 10.1. The number of halogens is 3. The van der Waals surface area contributed by atoms with Gasteiger partial charge in [0.25, 0.3) is 0 Å². The van der Waals surface area contributed by atoms with Crippen molar-refractivity contribution in [2.24, 2.45) is 5.92 Å². The molecule has 8 heteroatoms. The molecule has 0 amide bonds. The van der Waals surface area contributed by atoms with Gasteiger partial charge < -0.3 is 9.64 Å². The van der Waals surface area contributed by atoms with Crippen molar-refractivity contribution >= 4 is 39.9 Å². The van der Waals surface area contributed by atoms with Crippen molar-refractivity contribution < 1.29 is 9.13 Å². The third-order valence-electron chi connectivity index (χ3n) is 3.96. The fraction of sp³-hybridized carbons (Fsp3) is 0.462. The number of fused-ring (bicyclic) bond motifs is 2. The van der Waals surface area contributed by atoms with Crippen molar-refractivity contribution in [3.63, 3.8) is 0 Å². The summed E-state index contributed by atoms with van der Waals surface area (Å²) in [7, 11) is 0. The average molecular weight is 329 g/mol. The summed E-state index contributed by atoms with van der Waals surface area (Å²) in [5.41, 5.74) is 0.104. The fourth-order valence-electron chi connectivity index (χ4n) is 2.83. The molecule has 2 fully saturated rings. The molecule has 1 saturated carbocycles. The molecule has 0 aromatic carbocycles. The Morgan fingerprint density at radius 2 is 2.19 bits per heavy atom. The normalized spacial score (nSPS) is 24.8. The van der Waals surface area contributed by atoms with Crippen molar-refractivity contribution in [2.75, 3.05) is 24.7 Å². The lowest BCUT2D eigenvalue weighted by atomic mass is 10.2. The van der Waals surface area contributed by atoms with Gasteiger partial charge in [-0.15, -0.1) is 0 Å². The second kappa shape index (κ2) is 4.90. The van der Waals surface area contributed by atoms with Crippen LogP contribution in [0.15, 0.2) is 6.20 Å². The van der Waals surface area contributed by atoms with Crippen LogP contribution in [-0.4, -0.2) is 40.8 Å². The number of pyridine rings is 1. The van der Waals surface area contributed by atoms with Crippen LogP contribution >= 0.6 is 23.2 Å². The molecule has 0 N–H and O–H groups in total. The van der Waals surface area contributed by atoms with Crippen LogP contribution in [0.2, 0.25) is 10.4 Å². The predicted molar refractivity (Wildman–Crippen MR) is 77.4 cm³/mol. The van der Waals surface area contributed by atoms with Crippen LogP contribution in [0.3, 0.4) is 0 Å². The van der Waals surface area contributed by atoms with E-state index < -0.39 is 5.82 Å². The number of ether oxygens (including phenoxy) is 1. The maximum Gasteiger partial charge on any atom is 0.225 e. The third kappa shape index (κ3) is 2.22. The molecule has 3 heterocycles. The summed E-state index contributed by atoms with van der Waals surface area (Å²) in [6.45, 7) is 2.06. The van der Waals surface area contributed by atoms with E-state index in [4.69, 9.17) is 27.9 Å². The van der Waals surface area contributed by atoms with Gasteiger partial charge in [-0.05, 0) is 18.0 Å². The maximum atomic E-state index is 14.1. The van der Waals surface area contributed by atoms with Gasteiger partial charge in [-0.3, -0.25) is 0 Å². The molecule has 0 radical (unpaired) electrons. The highest BCUT2D eigenvalue weighted by molar-refractivity contribution is 6.30. The maximum absolute atomic E-state index is 14.1. The summed E-state index contributed by atoms with van der Waals surface area (Å²) in [5.74, 6) is 0.436. The van der Waals surface area contributed by atoms with Crippen molar-refractivity contribution in [3.05, 3.63) is 22.5 Å². The predicted octanol–water partition coefficient (Wildman–Crippen LogP) is 2.70. The molecular formula is C13H11Cl2FN4O. The molecule has 5 nitrogen and oxygen atoms in total. The largest absolute Gasteiger partial charge is 0.379 e. The van der Waals surface area contributed by atoms with E-state index in [9.17, 15) is 4.39 Å². The van der Waals surface area contributed by atoms with Crippen molar-refractivity contribution in [1.82, 2.24) is 15.0 Å². The minimum absolute atomic E-state index is 0.000956. The second-order valence-electron chi connectivity index (χ2n) is 5.27. The number of hydrogen-bond acceptors (Lipinski definition) is 5. The molecule has 2 aromatic heterocycles. The number of nitrogens with zero attached hydrogens (tertiary/aromatic N) is 4. The molecule has 0 bridgehead atoms. The van der Waals surface area contributed by atoms with Gasteiger partial charge >= 0.3 is 0 Å².